The van der Waals surface area contributed by atoms with E-state index in [1.54, 1.807) is 0 Å². The van der Waals surface area contributed by atoms with Gasteiger partial charge in [0.1, 0.15) is 17.6 Å². The van der Waals surface area contributed by atoms with E-state index in [0.29, 0.717) is 17.9 Å². The molecule has 1 aliphatic heterocycles. The first-order valence-electron chi connectivity index (χ1n) is 11.5. The number of alkyl halides is 5. The summed E-state index contributed by atoms with van der Waals surface area (Å²) in [5, 5.41) is 14.2. The predicted octanol–water partition coefficient (Wildman–Crippen LogP) is 4.63. The summed E-state index contributed by atoms with van der Waals surface area (Å²) in [6.07, 6.45) is -5.31. The number of anilines is 1. The van der Waals surface area contributed by atoms with E-state index >= 15 is 0 Å². The lowest BCUT2D eigenvalue weighted by Gasteiger charge is -2.21. The van der Waals surface area contributed by atoms with E-state index in [-0.39, 0.29) is 33.7 Å². The zero-order chi connectivity index (χ0) is 27.7. The van der Waals surface area contributed by atoms with Gasteiger partial charge in [-0.25, -0.2) is 18.7 Å². The monoisotopic (exact) mass is 549 g/mol. The van der Waals surface area contributed by atoms with Crippen LogP contribution in [0.15, 0.2) is 12.3 Å². The molecule has 0 bridgehead atoms. The van der Waals surface area contributed by atoms with Gasteiger partial charge >= 0.3 is 6.18 Å². The average molecular weight is 550 g/mol. The van der Waals surface area contributed by atoms with Gasteiger partial charge < -0.3 is 20.6 Å². The summed E-state index contributed by atoms with van der Waals surface area (Å²) in [6, 6.07) is -1.37. The van der Waals surface area contributed by atoms with Crippen LogP contribution >= 0.6 is 11.3 Å². The second-order valence-corrected chi connectivity index (χ2v) is 10.5. The quantitative estimate of drug-likeness (QED) is 0.415. The molecule has 3 heterocycles. The van der Waals surface area contributed by atoms with Gasteiger partial charge in [-0.15, -0.1) is 11.3 Å². The molecule has 0 aliphatic carbocycles. The average Bonchev–Trinajstić information content (AvgIpc) is 3.42. The third-order valence-electron chi connectivity index (χ3n) is 5.79. The Morgan fingerprint density at radius 3 is 2.51 bits per heavy atom. The minimum absolute atomic E-state index is 0.0456. The second kappa shape index (κ2) is 10.9. The van der Waals surface area contributed by atoms with E-state index in [1.807, 2.05) is 6.92 Å². The molecule has 2 aromatic rings. The number of rotatable bonds is 8. The fourth-order valence-electron chi connectivity index (χ4n) is 3.71. The summed E-state index contributed by atoms with van der Waals surface area (Å²) in [5.74, 6) is -1.69. The molecule has 0 saturated carbocycles. The summed E-state index contributed by atoms with van der Waals surface area (Å²) in [7, 11) is 0. The molecule has 0 unspecified atom stereocenters. The minimum atomic E-state index is -4.62. The Balaban J connectivity index is 2.07. The predicted molar refractivity (Wildman–Crippen MR) is 128 cm³/mol. The fraction of sp³-hybridized carbons (Fsp3) is 0.565. The first-order valence-corrected chi connectivity index (χ1v) is 12.3. The van der Waals surface area contributed by atoms with Crippen LogP contribution in [0.5, 0.6) is 0 Å². The standard InChI is InChI=1S/C23H28F5N5O3S/c1-11-6-5-7-33(11)21(35)16-17(37-20(32-16)19(34)30-10-22(3,4)36)14-9-29-15(8-13(14)18(24)25)31-12(2)23(26,27)28/h8-9,11-12,18,36H,5-7,10H2,1-4H3,(H,29,31)(H,30,34)/t11-,12-/m0/s1. The van der Waals surface area contributed by atoms with Gasteiger partial charge in [-0.05, 0) is 46.6 Å². The van der Waals surface area contributed by atoms with Crippen molar-refractivity contribution >= 4 is 29.0 Å². The van der Waals surface area contributed by atoms with Crippen molar-refractivity contribution in [1.29, 1.82) is 0 Å². The van der Waals surface area contributed by atoms with Crippen LogP contribution in [0.25, 0.3) is 10.4 Å². The van der Waals surface area contributed by atoms with Gasteiger partial charge in [-0.1, -0.05) is 0 Å². The molecule has 2 aromatic heterocycles. The highest BCUT2D eigenvalue weighted by atomic mass is 32.1. The van der Waals surface area contributed by atoms with Gasteiger partial charge in [-0.2, -0.15) is 13.2 Å². The number of likely N-dealkylation sites (tertiary alicyclic amines) is 1. The molecule has 2 amide bonds. The third-order valence-corrected chi connectivity index (χ3v) is 6.88. The number of hydrogen-bond donors (Lipinski definition) is 3. The van der Waals surface area contributed by atoms with E-state index in [9.17, 15) is 36.6 Å². The molecule has 0 aromatic carbocycles. The number of thiazole rings is 1. The van der Waals surface area contributed by atoms with E-state index in [4.69, 9.17) is 0 Å². The number of aromatic nitrogens is 2. The van der Waals surface area contributed by atoms with Gasteiger partial charge in [-0.3, -0.25) is 9.59 Å². The number of nitrogens with one attached hydrogen (secondary N) is 2. The fourth-order valence-corrected chi connectivity index (χ4v) is 4.72. The van der Waals surface area contributed by atoms with Crippen molar-refractivity contribution in [3.8, 4) is 10.4 Å². The Bertz CT molecular complexity index is 1150. The Morgan fingerprint density at radius 1 is 1.30 bits per heavy atom. The summed E-state index contributed by atoms with van der Waals surface area (Å²) in [6.45, 7) is 5.90. The van der Waals surface area contributed by atoms with E-state index in [1.165, 1.54) is 18.7 Å². The topological polar surface area (TPSA) is 107 Å². The van der Waals surface area contributed by atoms with Crippen LogP contribution in [0.4, 0.5) is 27.8 Å². The normalized spacial score (nSPS) is 17.3. The lowest BCUT2D eigenvalue weighted by Crippen LogP contribution is -2.38. The number of pyridine rings is 1. The zero-order valence-corrected chi connectivity index (χ0v) is 21.4. The van der Waals surface area contributed by atoms with Crippen LogP contribution in [-0.2, 0) is 0 Å². The van der Waals surface area contributed by atoms with Crippen LogP contribution in [0.3, 0.4) is 0 Å². The largest absolute Gasteiger partial charge is 0.408 e. The second-order valence-electron chi connectivity index (χ2n) is 9.55. The number of halogens is 5. The Labute approximate surface area is 214 Å². The first-order chi connectivity index (χ1) is 17.1. The first kappa shape index (κ1) is 28.7. The molecule has 1 aliphatic rings. The number of nitrogens with zero attached hydrogens (tertiary/aromatic N) is 3. The number of aliphatic hydroxyl groups is 1. The lowest BCUT2D eigenvalue weighted by molar-refractivity contribution is -0.138. The molecule has 0 spiro atoms. The molecular weight excluding hydrogens is 521 g/mol. The highest BCUT2D eigenvalue weighted by Gasteiger charge is 2.37. The zero-order valence-electron chi connectivity index (χ0n) is 20.6. The highest BCUT2D eigenvalue weighted by molar-refractivity contribution is 7.17. The van der Waals surface area contributed by atoms with Gasteiger partial charge in [0, 0.05) is 36.5 Å². The molecule has 3 rings (SSSR count). The van der Waals surface area contributed by atoms with Gasteiger partial charge in [0.15, 0.2) is 5.01 Å². The van der Waals surface area contributed by atoms with Crippen molar-refractivity contribution in [2.45, 2.75) is 70.8 Å². The molecular formula is C23H28F5N5O3S. The summed E-state index contributed by atoms with van der Waals surface area (Å²) >= 11 is 0.689. The van der Waals surface area contributed by atoms with Crippen LogP contribution in [0, 0.1) is 0 Å². The van der Waals surface area contributed by atoms with Crippen molar-refractivity contribution in [3.63, 3.8) is 0 Å². The Morgan fingerprint density at radius 2 is 1.97 bits per heavy atom. The maximum Gasteiger partial charge on any atom is 0.408 e. The van der Waals surface area contributed by atoms with Gasteiger partial charge in [0.05, 0.1) is 10.5 Å². The molecule has 8 nitrogen and oxygen atoms in total. The van der Waals surface area contributed by atoms with E-state index < -0.39 is 47.4 Å². The maximum absolute atomic E-state index is 14.1. The number of carbonyl (C=O) groups is 2. The highest BCUT2D eigenvalue weighted by Crippen LogP contribution is 2.39. The molecule has 2 atom stereocenters. The summed E-state index contributed by atoms with van der Waals surface area (Å²) < 4.78 is 67.0. The van der Waals surface area contributed by atoms with Gasteiger partial charge in [0.25, 0.3) is 18.2 Å². The van der Waals surface area contributed by atoms with E-state index in [2.05, 4.69) is 20.6 Å². The molecule has 3 N–H and O–H groups in total. The molecule has 204 valence electrons. The van der Waals surface area contributed by atoms with E-state index in [0.717, 1.165) is 32.0 Å². The molecule has 1 saturated heterocycles. The van der Waals surface area contributed by atoms with Crippen molar-refractivity contribution in [1.82, 2.24) is 20.2 Å². The maximum atomic E-state index is 14.1. The minimum Gasteiger partial charge on any atom is -0.389 e. The van der Waals surface area contributed by atoms with Crippen molar-refractivity contribution < 1.29 is 36.6 Å². The number of carbonyl (C=O) groups excluding carboxylic acids is 2. The van der Waals surface area contributed by atoms with Crippen LogP contribution in [-0.4, -0.2) is 68.7 Å². The Hall–Kier alpha value is -2.87. The number of hydrogen-bond acceptors (Lipinski definition) is 7. The van der Waals surface area contributed by atoms with Crippen LogP contribution in [0.1, 0.15) is 72.8 Å². The summed E-state index contributed by atoms with van der Waals surface area (Å²) in [4.78, 5) is 35.6. The van der Waals surface area contributed by atoms with Crippen molar-refractivity contribution in [2.75, 3.05) is 18.4 Å². The van der Waals surface area contributed by atoms with Crippen LogP contribution in [0.2, 0.25) is 0 Å². The number of amides is 2. The van der Waals surface area contributed by atoms with Gasteiger partial charge in [0.2, 0.25) is 0 Å². The third kappa shape index (κ3) is 6.92. The molecule has 1 fully saturated rings. The molecule has 14 heteroatoms. The van der Waals surface area contributed by atoms with Crippen molar-refractivity contribution in [2.24, 2.45) is 0 Å². The molecule has 0 radical (unpaired) electrons. The Kier molecular flexibility index (Phi) is 8.42. The lowest BCUT2D eigenvalue weighted by atomic mass is 10.1. The smallest absolute Gasteiger partial charge is 0.389 e. The van der Waals surface area contributed by atoms with Crippen LogP contribution < -0.4 is 10.6 Å². The SMILES string of the molecule is C[C@H](Nc1cc(C(F)F)c(-c2sc(C(=O)NCC(C)(C)O)nc2C(=O)N2CCC[C@@H]2C)cn1)C(F)(F)F. The molecule has 37 heavy (non-hydrogen) atoms. The summed E-state index contributed by atoms with van der Waals surface area (Å²) in [5.41, 5.74) is -2.33. The van der Waals surface area contributed by atoms with Crippen molar-refractivity contribution in [3.05, 3.63) is 28.5 Å².